The number of carbonyl (C=O) groups is 3. The molecule has 35 heavy (non-hydrogen) atoms. The topological polar surface area (TPSA) is 154 Å². The molecule has 0 radical (unpaired) electrons. The van der Waals surface area contributed by atoms with Crippen LogP contribution in [-0.2, 0) is 16.0 Å². The molecule has 1 aromatic carbocycles. The van der Waals surface area contributed by atoms with Crippen LogP contribution in [0.1, 0.15) is 57.3 Å². The number of hydrogen-bond donors (Lipinski definition) is 3. The summed E-state index contributed by atoms with van der Waals surface area (Å²) in [7, 11) is 0. The van der Waals surface area contributed by atoms with Crippen LogP contribution in [0.2, 0.25) is 0 Å². The van der Waals surface area contributed by atoms with Gasteiger partial charge in [-0.1, -0.05) is 19.1 Å². The number of hydrogen-bond acceptors (Lipinski definition) is 8. The van der Waals surface area contributed by atoms with Gasteiger partial charge in [0.25, 0.3) is 17.7 Å². The molecule has 0 bridgehead atoms. The molecule has 4 rings (SSSR count). The van der Waals surface area contributed by atoms with Crippen molar-refractivity contribution >= 4 is 40.6 Å². The van der Waals surface area contributed by atoms with Crippen LogP contribution in [0.4, 0.5) is 11.4 Å². The number of benzene rings is 1. The minimum Gasteiger partial charge on any atom is -0.467 e. The van der Waals surface area contributed by atoms with Crippen molar-refractivity contribution in [1.82, 2.24) is 9.69 Å². The molecule has 2 atom stereocenters. The van der Waals surface area contributed by atoms with Crippen LogP contribution in [0.5, 0.6) is 0 Å². The minimum atomic E-state index is -1.15. The van der Waals surface area contributed by atoms with Crippen molar-refractivity contribution in [2.75, 3.05) is 23.8 Å². The number of nitrogens with zero attached hydrogens (tertiary/aromatic N) is 2. The standard InChI is InChI=1S/C24H27N5O5S/c1-2-14-7-9-15(10-8-14)29(24(32)21-18(25)19(22(26)30)28-35-21)20(17-6-4-12-34-17)23(31)27-13-16-5-3-11-33-16/h4,6-10,12,16,20H,2-3,5,11,13,25H2,1H3,(H2,26,30)(H,27,31)/t16-,20+/m0/s1. The summed E-state index contributed by atoms with van der Waals surface area (Å²) in [6, 6.07) is 9.39. The Bertz CT molecular complexity index is 1190. The number of nitrogen functional groups attached to an aromatic ring is 1. The maximum atomic E-state index is 13.9. The van der Waals surface area contributed by atoms with Crippen LogP contribution in [0, 0.1) is 0 Å². The molecule has 3 aromatic rings. The molecule has 184 valence electrons. The van der Waals surface area contributed by atoms with Gasteiger partial charge in [0, 0.05) is 18.8 Å². The lowest BCUT2D eigenvalue weighted by Gasteiger charge is -2.30. The van der Waals surface area contributed by atoms with Crippen molar-refractivity contribution in [3.63, 3.8) is 0 Å². The molecule has 1 aliphatic heterocycles. The second-order valence-electron chi connectivity index (χ2n) is 8.13. The highest BCUT2D eigenvalue weighted by molar-refractivity contribution is 7.09. The summed E-state index contributed by atoms with van der Waals surface area (Å²) < 4.78 is 15.2. The third-order valence-electron chi connectivity index (χ3n) is 5.84. The molecular formula is C24H27N5O5S. The van der Waals surface area contributed by atoms with E-state index < -0.39 is 23.8 Å². The van der Waals surface area contributed by atoms with Gasteiger partial charge in [-0.2, -0.15) is 4.37 Å². The summed E-state index contributed by atoms with van der Waals surface area (Å²) >= 11 is 0.754. The molecule has 0 unspecified atom stereocenters. The fourth-order valence-corrected chi connectivity index (χ4v) is 4.69. The van der Waals surface area contributed by atoms with Gasteiger partial charge in [0.05, 0.1) is 18.1 Å². The SMILES string of the molecule is CCc1ccc(N(C(=O)c2snc(C(N)=O)c2N)[C@@H](C(=O)NC[C@@H]2CCCO2)c2ccco2)cc1. The second kappa shape index (κ2) is 10.7. The highest BCUT2D eigenvalue weighted by Gasteiger charge is 2.38. The smallest absolute Gasteiger partial charge is 0.273 e. The molecule has 11 heteroatoms. The van der Waals surface area contributed by atoms with Crippen LogP contribution >= 0.6 is 11.5 Å². The van der Waals surface area contributed by atoms with E-state index in [0.29, 0.717) is 18.8 Å². The van der Waals surface area contributed by atoms with Crippen molar-refractivity contribution in [1.29, 1.82) is 0 Å². The molecule has 10 nitrogen and oxygen atoms in total. The Labute approximate surface area is 206 Å². The number of aryl methyl sites for hydroxylation is 1. The Balaban J connectivity index is 1.76. The Morgan fingerprint density at radius 3 is 2.60 bits per heavy atom. The fourth-order valence-electron chi connectivity index (χ4n) is 3.95. The van der Waals surface area contributed by atoms with Gasteiger partial charge in [0.2, 0.25) is 0 Å². The van der Waals surface area contributed by atoms with E-state index in [9.17, 15) is 14.4 Å². The van der Waals surface area contributed by atoms with Crippen LogP contribution in [0.15, 0.2) is 47.1 Å². The maximum Gasteiger partial charge on any atom is 0.273 e. The first kappa shape index (κ1) is 24.4. The van der Waals surface area contributed by atoms with E-state index in [1.807, 2.05) is 19.1 Å². The average Bonchev–Trinajstić information content (AvgIpc) is 3.63. The number of rotatable bonds is 9. The van der Waals surface area contributed by atoms with Crippen molar-refractivity contribution in [2.45, 2.75) is 38.3 Å². The second-order valence-corrected chi connectivity index (χ2v) is 8.90. The number of anilines is 2. The molecule has 2 aromatic heterocycles. The summed E-state index contributed by atoms with van der Waals surface area (Å²) in [6.07, 6.45) is 3.94. The Morgan fingerprint density at radius 2 is 2.03 bits per heavy atom. The van der Waals surface area contributed by atoms with E-state index in [4.69, 9.17) is 20.6 Å². The van der Waals surface area contributed by atoms with Crippen LogP contribution in [0.3, 0.4) is 0 Å². The monoisotopic (exact) mass is 497 g/mol. The van der Waals surface area contributed by atoms with Crippen molar-refractivity contribution in [3.05, 3.63) is 64.6 Å². The normalized spacial score (nSPS) is 16.1. The Kier molecular flexibility index (Phi) is 7.47. The van der Waals surface area contributed by atoms with E-state index in [-0.39, 0.29) is 28.1 Å². The van der Waals surface area contributed by atoms with Gasteiger partial charge in [-0.3, -0.25) is 19.3 Å². The summed E-state index contributed by atoms with van der Waals surface area (Å²) in [5, 5.41) is 2.89. The third-order valence-corrected chi connectivity index (χ3v) is 6.70. The maximum absolute atomic E-state index is 13.9. The first-order valence-corrected chi connectivity index (χ1v) is 12.1. The van der Waals surface area contributed by atoms with E-state index in [1.54, 1.807) is 24.3 Å². The number of nitrogens with two attached hydrogens (primary N) is 2. The zero-order valence-electron chi connectivity index (χ0n) is 19.2. The van der Waals surface area contributed by atoms with Gasteiger partial charge in [-0.15, -0.1) is 0 Å². The Morgan fingerprint density at radius 1 is 1.26 bits per heavy atom. The van der Waals surface area contributed by atoms with Crippen molar-refractivity contribution in [3.8, 4) is 0 Å². The van der Waals surface area contributed by atoms with Crippen LogP contribution in [-0.4, -0.2) is 41.4 Å². The molecule has 3 heterocycles. The lowest BCUT2D eigenvalue weighted by molar-refractivity contribution is -0.123. The molecule has 1 saturated heterocycles. The molecule has 5 N–H and O–H groups in total. The highest BCUT2D eigenvalue weighted by atomic mass is 32.1. The zero-order chi connectivity index (χ0) is 24.9. The number of nitrogens with one attached hydrogen (secondary N) is 1. The van der Waals surface area contributed by atoms with Crippen molar-refractivity contribution < 1.29 is 23.5 Å². The summed E-state index contributed by atoms with van der Waals surface area (Å²) in [6.45, 7) is 2.98. The lowest BCUT2D eigenvalue weighted by Crippen LogP contribution is -2.45. The van der Waals surface area contributed by atoms with Crippen molar-refractivity contribution in [2.24, 2.45) is 5.73 Å². The molecule has 0 saturated carbocycles. The van der Waals surface area contributed by atoms with Gasteiger partial charge in [-0.25, -0.2) is 0 Å². The van der Waals surface area contributed by atoms with Crippen LogP contribution in [0.25, 0.3) is 0 Å². The number of primary amides is 1. The largest absolute Gasteiger partial charge is 0.467 e. The van der Waals surface area contributed by atoms with E-state index in [1.165, 1.54) is 11.2 Å². The number of furan rings is 1. The lowest BCUT2D eigenvalue weighted by atomic mass is 10.1. The van der Waals surface area contributed by atoms with E-state index >= 15 is 0 Å². The molecule has 1 fully saturated rings. The number of ether oxygens (including phenoxy) is 1. The number of carbonyl (C=O) groups excluding carboxylic acids is 3. The quantitative estimate of drug-likeness (QED) is 0.411. The fraction of sp³-hybridized carbons (Fsp3) is 0.333. The highest BCUT2D eigenvalue weighted by Crippen LogP contribution is 2.33. The Hall–Kier alpha value is -3.70. The molecule has 0 spiro atoms. The van der Waals surface area contributed by atoms with Gasteiger partial charge in [-0.05, 0) is 60.6 Å². The molecule has 3 amide bonds. The molecule has 0 aliphatic carbocycles. The summed E-state index contributed by atoms with van der Waals surface area (Å²) in [5.41, 5.74) is 12.6. The molecule has 1 aliphatic rings. The van der Waals surface area contributed by atoms with Gasteiger partial charge in [0.1, 0.15) is 10.6 Å². The average molecular weight is 498 g/mol. The number of amides is 3. The van der Waals surface area contributed by atoms with E-state index in [0.717, 1.165) is 36.4 Å². The summed E-state index contributed by atoms with van der Waals surface area (Å²) in [4.78, 5) is 40.4. The first-order valence-electron chi connectivity index (χ1n) is 11.3. The van der Waals surface area contributed by atoms with Gasteiger partial charge >= 0.3 is 0 Å². The predicted molar refractivity (Wildman–Crippen MR) is 131 cm³/mol. The van der Waals surface area contributed by atoms with Crippen LogP contribution < -0.4 is 21.7 Å². The first-order chi connectivity index (χ1) is 16.9. The zero-order valence-corrected chi connectivity index (χ0v) is 20.0. The predicted octanol–water partition coefficient (Wildman–Crippen LogP) is 2.66. The van der Waals surface area contributed by atoms with Gasteiger partial charge in [0.15, 0.2) is 11.7 Å². The van der Waals surface area contributed by atoms with Gasteiger partial charge < -0.3 is 25.9 Å². The molecular weight excluding hydrogens is 470 g/mol. The summed E-state index contributed by atoms with van der Waals surface area (Å²) in [5.74, 6) is -1.62. The minimum absolute atomic E-state index is 0.00171. The number of aromatic nitrogens is 1. The third kappa shape index (κ3) is 5.20. The van der Waals surface area contributed by atoms with E-state index in [2.05, 4.69) is 9.69 Å².